The highest BCUT2D eigenvalue weighted by Crippen LogP contribution is 2.62. The molecule has 0 unspecified atom stereocenters. The van der Waals surface area contributed by atoms with Crippen LogP contribution in [0.5, 0.6) is 5.75 Å². The zero-order valence-corrected chi connectivity index (χ0v) is 15.6. The summed E-state index contributed by atoms with van der Waals surface area (Å²) in [5, 5.41) is 0. The number of methoxy groups -OCH3 is 1. The fourth-order valence-corrected chi connectivity index (χ4v) is 6.38. The van der Waals surface area contributed by atoms with Gasteiger partial charge in [0.1, 0.15) is 11.9 Å². The lowest BCUT2D eigenvalue weighted by Crippen LogP contribution is -2.41. The molecular weight excluding hydrogens is 340 g/mol. The second-order valence-electron chi connectivity index (χ2n) is 8.20. The van der Waals surface area contributed by atoms with Gasteiger partial charge < -0.3 is 4.74 Å². The van der Waals surface area contributed by atoms with E-state index < -0.39 is 16.5 Å². The molecular formula is C19H26O5S. The third-order valence-corrected chi connectivity index (χ3v) is 7.46. The Balaban J connectivity index is 1.77. The first-order valence-electron chi connectivity index (χ1n) is 9.14. The van der Waals surface area contributed by atoms with Gasteiger partial charge in [0.15, 0.2) is 0 Å². The molecule has 0 aromatic heterocycles. The van der Waals surface area contributed by atoms with E-state index in [4.69, 9.17) is 8.92 Å². The Labute approximate surface area is 149 Å². The second-order valence-corrected chi connectivity index (χ2v) is 9.25. The van der Waals surface area contributed by atoms with E-state index >= 15 is 0 Å². The zero-order valence-electron chi connectivity index (χ0n) is 14.8. The maximum absolute atomic E-state index is 11.4. The Bertz CT molecular complexity index is 774. The molecule has 5 nitrogen and oxygen atoms in total. The summed E-state index contributed by atoms with van der Waals surface area (Å²) in [7, 11) is -2.91. The molecule has 4 rings (SSSR count). The molecule has 2 fully saturated rings. The first-order valence-corrected chi connectivity index (χ1v) is 10.5. The predicted octanol–water partition coefficient (Wildman–Crippen LogP) is 4.26. The van der Waals surface area contributed by atoms with Gasteiger partial charge in [-0.25, -0.2) is 4.18 Å². The molecule has 0 bridgehead atoms. The van der Waals surface area contributed by atoms with Crippen LogP contribution in [-0.2, 0) is 14.6 Å². The largest absolute Gasteiger partial charge is 0.497 e. The summed E-state index contributed by atoms with van der Waals surface area (Å²) in [6.45, 7) is 2.39. The Kier molecular flexibility index (Phi) is 4.13. The summed E-state index contributed by atoms with van der Waals surface area (Å²) in [6.07, 6.45) is 6.10. The predicted molar refractivity (Wildman–Crippen MR) is 93.9 cm³/mol. The Morgan fingerprint density at radius 1 is 1.20 bits per heavy atom. The zero-order chi connectivity index (χ0) is 17.8. The Hall–Kier alpha value is -1.11. The molecule has 1 aromatic carbocycles. The SMILES string of the molecule is COc1ccc2c(c1)[C@H](OS(=O)(=O)O)C[C@@H]1[C@@H]2CC[C@]2(C)CCC[C@@H]12. The summed E-state index contributed by atoms with van der Waals surface area (Å²) < 4.78 is 42.5. The first-order chi connectivity index (χ1) is 11.8. The smallest absolute Gasteiger partial charge is 0.397 e. The first kappa shape index (κ1) is 17.3. The molecule has 0 radical (unpaired) electrons. The minimum atomic E-state index is -4.50. The minimum absolute atomic E-state index is 0.369. The quantitative estimate of drug-likeness (QED) is 0.809. The van der Waals surface area contributed by atoms with Crippen LogP contribution in [0.2, 0.25) is 0 Å². The van der Waals surface area contributed by atoms with Crippen molar-refractivity contribution in [2.75, 3.05) is 7.11 Å². The molecule has 1 N–H and O–H groups in total. The summed E-state index contributed by atoms with van der Waals surface area (Å²) in [5.41, 5.74) is 2.38. The van der Waals surface area contributed by atoms with E-state index in [-0.39, 0.29) is 0 Å². The van der Waals surface area contributed by atoms with Crippen molar-refractivity contribution in [1.82, 2.24) is 0 Å². The molecule has 1 aromatic rings. The molecule has 25 heavy (non-hydrogen) atoms. The normalized spacial score (nSPS) is 37.1. The molecule has 0 amide bonds. The maximum Gasteiger partial charge on any atom is 0.397 e. The topological polar surface area (TPSA) is 72.8 Å². The summed E-state index contributed by atoms with van der Waals surface area (Å²) in [4.78, 5) is 0. The highest BCUT2D eigenvalue weighted by atomic mass is 32.3. The molecule has 138 valence electrons. The van der Waals surface area contributed by atoms with Gasteiger partial charge in [0, 0.05) is 0 Å². The number of rotatable bonds is 3. The number of fused-ring (bicyclic) bond motifs is 5. The maximum atomic E-state index is 11.4. The number of hydrogen-bond acceptors (Lipinski definition) is 4. The Morgan fingerprint density at radius 3 is 2.72 bits per heavy atom. The van der Waals surface area contributed by atoms with E-state index in [9.17, 15) is 13.0 Å². The van der Waals surface area contributed by atoms with Gasteiger partial charge >= 0.3 is 10.4 Å². The third kappa shape index (κ3) is 2.98. The summed E-state index contributed by atoms with van der Waals surface area (Å²) in [5.74, 6) is 2.14. The highest BCUT2D eigenvalue weighted by Gasteiger charge is 2.52. The molecule has 5 atom stereocenters. The number of ether oxygens (including phenoxy) is 1. The molecule has 0 saturated heterocycles. The van der Waals surface area contributed by atoms with Crippen LogP contribution in [0.3, 0.4) is 0 Å². The summed E-state index contributed by atoms with van der Waals surface area (Å²) in [6, 6.07) is 5.86. The Morgan fingerprint density at radius 2 is 2.00 bits per heavy atom. The fourth-order valence-electron chi connectivity index (χ4n) is 5.90. The molecule has 0 aliphatic heterocycles. The van der Waals surface area contributed by atoms with Crippen LogP contribution in [0.1, 0.15) is 68.6 Å². The van der Waals surface area contributed by atoms with Crippen LogP contribution in [-0.4, -0.2) is 20.1 Å². The van der Waals surface area contributed by atoms with Gasteiger partial charge in [-0.3, -0.25) is 4.55 Å². The van der Waals surface area contributed by atoms with Gasteiger partial charge in [0.05, 0.1) is 7.11 Å². The highest BCUT2D eigenvalue weighted by molar-refractivity contribution is 7.80. The lowest BCUT2D eigenvalue weighted by molar-refractivity contribution is 0.0243. The van der Waals surface area contributed by atoms with Crippen LogP contribution in [0.15, 0.2) is 18.2 Å². The van der Waals surface area contributed by atoms with Crippen LogP contribution in [0.25, 0.3) is 0 Å². The number of hydrogen-bond donors (Lipinski definition) is 1. The molecule has 6 heteroatoms. The molecule has 2 saturated carbocycles. The van der Waals surface area contributed by atoms with Crippen molar-refractivity contribution in [2.24, 2.45) is 17.3 Å². The van der Waals surface area contributed by atoms with Crippen molar-refractivity contribution >= 4 is 10.4 Å². The minimum Gasteiger partial charge on any atom is -0.497 e. The van der Waals surface area contributed by atoms with Crippen molar-refractivity contribution in [3.8, 4) is 5.75 Å². The summed E-state index contributed by atoms with van der Waals surface area (Å²) >= 11 is 0. The van der Waals surface area contributed by atoms with E-state index in [1.807, 2.05) is 12.1 Å². The van der Waals surface area contributed by atoms with Crippen LogP contribution in [0, 0.1) is 17.3 Å². The van der Waals surface area contributed by atoms with Gasteiger partial charge in [0.2, 0.25) is 0 Å². The molecule has 3 aliphatic rings. The van der Waals surface area contributed by atoms with E-state index in [2.05, 4.69) is 13.0 Å². The molecule has 3 aliphatic carbocycles. The fraction of sp³-hybridized carbons (Fsp3) is 0.684. The van der Waals surface area contributed by atoms with Crippen molar-refractivity contribution in [1.29, 1.82) is 0 Å². The van der Waals surface area contributed by atoms with Crippen molar-refractivity contribution < 1.29 is 21.9 Å². The lowest BCUT2D eigenvalue weighted by Gasteiger charge is -2.50. The second kappa shape index (κ2) is 5.96. The third-order valence-electron chi connectivity index (χ3n) is 6.98. The van der Waals surface area contributed by atoms with Crippen molar-refractivity contribution in [3.05, 3.63) is 29.3 Å². The van der Waals surface area contributed by atoms with Crippen LogP contribution >= 0.6 is 0 Å². The van der Waals surface area contributed by atoms with E-state index in [0.29, 0.717) is 35.3 Å². The van der Waals surface area contributed by atoms with E-state index in [0.717, 1.165) is 12.0 Å². The van der Waals surface area contributed by atoms with Gasteiger partial charge in [0.25, 0.3) is 0 Å². The molecule has 0 spiro atoms. The van der Waals surface area contributed by atoms with Crippen LogP contribution < -0.4 is 4.74 Å². The van der Waals surface area contributed by atoms with Crippen molar-refractivity contribution in [3.63, 3.8) is 0 Å². The number of benzene rings is 1. The van der Waals surface area contributed by atoms with Gasteiger partial charge in [-0.05, 0) is 78.5 Å². The molecule has 0 heterocycles. The monoisotopic (exact) mass is 366 g/mol. The van der Waals surface area contributed by atoms with Gasteiger partial charge in [-0.2, -0.15) is 8.42 Å². The van der Waals surface area contributed by atoms with E-state index in [1.165, 1.54) is 31.2 Å². The standard InChI is InChI=1S/C19H26O5S/c1-19-8-3-4-17(19)15-11-18(24-25(20,21)22)16-10-12(23-2)5-6-13(16)14(15)7-9-19/h5-6,10,14-15,17-18H,3-4,7-9,11H2,1-2H3,(H,20,21,22)/t14-,15-,17+,18-,19+/m1/s1. The van der Waals surface area contributed by atoms with Gasteiger partial charge in [-0.1, -0.05) is 19.4 Å². The van der Waals surface area contributed by atoms with Crippen LogP contribution in [0.4, 0.5) is 0 Å². The average Bonchev–Trinajstić information content (AvgIpc) is 2.95. The van der Waals surface area contributed by atoms with E-state index in [1.54, 1.807) is 7.11 Å². The van der Waals surface area contributed by atoms with Gasteiger partial charge in [-0.15, -0.1) is 0 Å². The lowest BCUT2D eigenvalue weighted by atomic mass is 9.55. The average molecular weight is 366 g/mol. The van der Waals surface area contributed by atoms with Crippen molar-refractivity contribution in [2.45, 2.75) is 57.5 Å².